The SMILES string of the molecule is O=C(c1cc2cc(Cl)ccc2[nH]1)c1c(F)ccc2c1C(=O)OC21CCNCC1. The van der Waals surface area contributed by atoms with E-state index in [9.17, 15) is 14.0 Å². The van der Waals surface area contributed by atoms with Gasteiger partial charge >= 0.3 is 5.97 Å². The molecule has 142 valence electrons. The normalized spacial score (nSPS) is 17.7. The molecule has 2 N–H and O–H groups in total. The lowest BCUT2D eigenvalue weighted by molar-refractivity contribution is -0.0242. The Balaban J connectivity index is 1.66. The number of aromatic nitrogens is 1. The maximum atomic E-state index is 14.8. The standard InChI is InChI=1S/C21H16ClFN2O3/c22-12-1-4-15-11(9-12)10-16(25-15)19(26)18-14(23)3-2-13-17(18)20(27)28-21(13)5-7-24-8-6-21/h1-4,9-10,24-25H,5-8H2. The Morgan fingerprint density at radius 1 is 1.14 bits per heavy atom. The number of H-pyrrole nitrogens is 1. The molecule has 1 spiro atoms. The number of halogens is 2. The van der Waals surface area contributed by atoms with Gasteiger partial charge in [-0.25, -0.2) is 9.18 Å². The Morgan fingerprint density at radius 3 is 2.71 bits per heavy atom. The van der Waals surface area contributed by atoms with Gasteiger partial charge in [-0.15, -0.1) is 0 Å². The smallest absolute Gasteiger partial charge is 0.340 e. The molecule has 0 unspecified atom stereocenters. The number of rotatable bonds is 2. The molecule has 1 aromatic heterocycles. The number of esters is 1. The molecule has 0 aliphatic carbocycles. The van der Waals surface area contributed by atoms with Crippen molar-refractivity contribution in [3.05, 3.63) is 69.6 Å². The second kappa shape index (κ2) is 6.15. The molecule has 1 saturated heterocycles. The van der Waals surface area contributed by atoms with Crippen molar-refractivity contribution in [3.63, 3.8) is 0 Å². The summed E-state index contributed by atoms with van der Waals surface area (Å²) >= 11 is 6.00. The average molecular weight is 399 g/mol. The largest absolute Gasteiger partial charge is 0.450 e. The van der Waals surface area contributed by atoms with Crippen LogP contribution in [0.5, 0.6) is 0 Å². The molecule has 1 fully saturated rings. The van der Waals surface area contributed by atoms with E-state index < -0.39 is 23.2 Å². The number of benzene rings is 2. The molecule has 5 rings (SSSR count). The van der Waals surface area contributed by atoms with Gasteiger partial charge in [-0.2, -0.15) is 0 Å². The lowest BCUT2D eigenvalue weighted by Crippen LogP contribution is -2.40. The van der Waals surface area contributed by atoms with Gasteiger partial charge in [0.25, 0.3) is 0 Å². The van der Waals surface area contributed by atoms with Crippen molar-refractivity contribution in [2.24, 2.45) is 0 Å². The van der Waals surface area contributed by atoms with E-state index in [1.807, 2.05) is 0 Å². The zero-order valence-electron chi connectivity index (χ0n) is 14.8. The lowest BCUT2D eigenvalue weighted by Gasteiger charge is -2.33. The van der Waals surface area contributed by atoms with Crippen molar-refractivity contribution in [3.8, 4) is 0 Å². The highest BCUT2D eigenvalue weighted by Crippen LogP contribution is 2.44. The van der Waals surface area contributed by atoms with E-state index in [0.29, 0.717) is 42.0 Å². The van der Waals surface area contributed by atoms with E-state index in [-0.39, 0.29) is 16.8 Å². The number of ether oxygens (including phenoxy) is 1. The molecule has 3 heterocycles. The first kappa shape index (κ1) is 17.4. The number of nitrogens with one attached hydrogen (secondary N) is 2. The average Bonchev–Trinajstić information content (AvgIpc) is 3.21. The van der Waals surface area contributed by atoms with E-state index in [1.165, 1.54) is 6.07 Å². The fourth-order valence-electron chi connectivity index (χ4n) is 4.24. The molecule has 0 saturated carbocycles. The maximum Gasteiger partial charge on any atom is 0.340 e. The number of aromatic amines is 1. The number of hydrogen-bond acceptors (Lipinski definition) is 4. The molecular weight excluding hydrogens is 383 g/mol. The van der Waals surface area contributed by atoms with Crippen LogP contribution in [0.3, 0.4) is 0 Å². The van der Waals surface area contributed by atoms with Crippen LogP contribution in [0.2, 0.25) is 5.02 Å². The Bertz CT molecular complexity index is 1150. The van der Waals surface area contributed by atoms with Gasteiger partial charge in [0.05, 0.1) is 16.8 Å². The van der Waals surface area contributed by atoms with Crippen molar-refractivity contribution >= 4 is 34.3 Å². The van der Waals surface area contributed by atoms with Crippen LogP contribution < -0.4 is 5.32 Å². The van der Waals surface area contributed by atoms with Gasteiger partial charge in [0.15, 0.2) is 0 Å². The second-order valence-electron chi connectivity index (χ2n) is 7.22. The number of hydrogen-bond donors (Lipinski definition) is 2. The van der Waals surface area contributed by atoms with Gasteiger partial charge in [0.1, 0.15) is 11.4 Å². The van der Waals surface area contributed by atoms with Crippen LogP contribution in [-0.2, 0) is 10.3 Å². The first-order valence-electron chi connectivity index (χ1n) is 9.08. The minimum atomic E-state index is -0.783. The molecule has 0 radical (unpaired) electrons. The van der Waals surface area contributed by atoms with Crippen LogP contribution in [-0.4, -0.2) is 29.8 Å². The summed E-state index contributed by atoms with van der Waals surface area (Å²) in [6.07, 6.45) is 1.19. The summed E-state index contributed by atoms with van der Waals surface area (Å²) in [5, 5.41) is 4.50. The van der Waals surface area contributed by atoms with Crippen molar-refractivity contribution < 1.29 is 18.7 Å². The zero-order chi connectivity index (χ0) is 19.5. The molecule has 2 aliphatic rings. The van der Waals surface area contributed by atoms with Crippen LogP contribution in [0.4, 0.5) is 4.39 Å². The summed E-state index contributed by atoms with van der Waals surface area (Å²) in [4.78, 5) is 28.8. The maximum absolute atomic E-state index is 14.8. The first-order valence-corrected chi connectivity index (χ1v) is 9.46. The van der Waals surface area contributed by atoms with Gasteiger partial charge in [-0.3, -0.25) is 4.79 Å². The van der Waals surface area contributed by atoms with Crippen LogP contribution in [0.25, 0.3) is 10.9 Å². The summed E-state index contributed by atoms with van der Waals surface area (Å²) in [6.45, 7) is 1.38. The molecule has 2 aliphatic heterocycles. The number of carbonyl (C=O) groups is 2. The summed E-state index contributed by atoms with van der Waals surface area (Å²) in [5.41, 5.74) is 0.526. The van der Waals surface area contributed by atoms with Crippen molar-refractivity contribution in [2.45, 2.75) is 18.4 Å². The van der Waals surface area contributed by atoms with Gasteiger partial charge in [-0.1, -0.05) is 17.7 Å². The van der Waals surface area contributed by atoms with E-state index in [1.54, 1.807) is 30.3 Å². The number of carbonyl (C=O) groups excluding carboxylic acids is 2. The molecule has 28 heavy (non-hydrogen) atoms. The molecule has 2 aromatic carbocycles. The fourth-order valence-corrected chi connectivity index (χ4v) is 4.42. The molecule has 0 amide bonds. The van der Waals surface area contributed by atoms with Crippen molar-refractivity contribution in [2.75, 3.05) is 13.1 Å². The van der Waals surface area contributed by atoms with Crippen LogP contribution in [0, 0.1) is 5.82 Å². The van der Waals surface area contributed by atoms with E-state index in [0.717, 1.165) is 5.39 Å². The third kappa shape index (κ3) is 2.48. The predicted molar refractivity (Wildman–Crippen MR) is 102 cm³/mol. The fraction of sp³-hybridized carbons (Fsp3) is 0.238. The highest BCUT2D eigenvalue weighted by atomic mass is 35.5. The molecule has 3 aromatic rings. The predicted octanol–water partition coefficient (Wildman–Crippen LogP) is 3.94. The molecule has 0 atom stereocenters. The second-order valence-corrected chi connectivity index (χ2v) is 7.66. The molecule has 7 heteroatoms. The number of piperidine rings is 1. The van der Waals surface area contributed by atoms with Crippen LogP contribution in [0.1, 0.15) is 44.8 Å². The monoisotopic (exact) mass is 398 g/mol. The third-order valence-electron chi connectivity index (χ3n) is 5.60. The van der Waals surface area contributed by atoms with E-state index >= 15 is 0 Å². The van der Waals surface area contributed by atoms with Gasteiger partial charge < -0.3 is 15.0 Å². The molecular formula is C21H16ClFN2O3. The molecule has 0 bridgehead atoms. The lowest BCUT2D eigenvalue weighted by atomic mass is 9.82. The topological polar surface area (TPSA) is 71.2 Å². The van der Waals surface area contributed by atoms with Gasteiger partial charge in [0, 0.05) is 34.3 Å². The Kier molecular flexibility index (Phi) is 3.82. The van der Waals surface area contributed by atoms with Crippen molar-refractivity contribution in [1.29, 1.82) is 0 Å². The summed E-state index contributed by atoms with van der Waals surface area (Å²) in [5.74, 6) is -1.95. The van der Waals surface area contributed by atoms with Crippen LogP contribution >= 0.6 is 11.6 Å². The van der Waals surface area contributed by atoms with Crippen molar-refractivity contribution in [1.82, 2.24) is 10.3 Å². The zero-order valence-corrected chi connectivity index (χ0v) is 15.5. The highest BCUT2D eigenvalue weighted by molar-refractivity contribution is 6.31. The number of fused-ring (bicyclic) bond motifs is 3. The number of ketones is 1. The minimum Gasteiger partial charge on any atom is -0.450 e. The van der Waals surface area contributed by atoms with Gasteiger partial charge in [-0.05, 0) is 43.4 Å². The first-order chi connectivity index (χ1) is 13.5. The Hall–Kier alpha value is -2.70. The van der Waals surface area contributed by atoms with Gasteiger partial charge in [0.2, 0.25) is 5.78 Å². The summed E-state index contributed by atoms with van der Waals surface area (Å²) in [6, 6.07) is 9.60. The Labute approximate surface area is 164 Å². The highest BCUT2D eigenvalue weighted by Gasteiger charge is 2.48. The quantitative estimate of drug-likeness (QED) is 0.506. The molecule has 5 nitrogen and oxygen atoms in total. The van der Waals surface area contributed by atoms with E-state index in [2.05, 4.69) is 10.3 Å². The summed E-state index contributed by atoms with van der Waals surface area (Å²) < 4.78 is 20.4. The van der Waals surface area contributed by atoms with Crippen LogP contribution in [0.15, 0.2) is 36.4 Å². The summed E-state index contributed by atoms with van der Waals surface area (Å²) in [7, 11) is 0. The minimum absolute atomic E-state index is 0.0450. The third-order valence-corrected chi connectivity index (χ3v) is 5.84. The Morgan fingerprint density at radius 2 is 1.93 bits per heavy atom. The van der Waals surface area contributed by atoms with E-state index in [4.69, 9.17) is 16.3 Å².